The zero-order valence-electron chi connectivity index (χ0n) is 14.6. The van der Waals surface area contributed by atoms with Gasteiger partial charge >= 0.3 is 5.69 Å². The molecule has 1 saturated heterocycles. The smallest absolute Gasteiger partial charge is 0.329 e. The van der Waals surface area contributed by atoms with Crippen molar-refractivity contribution in [2.75, 3.05) is 18.0 Å². The van der Waals surface area contributed by atoms with E-state index in [2.05, 4.69) is 25.0 Å². The van der Waals surface area contributed by atoms with Gasteiger partial charge in [0, 0.05) is 33.1 Å². The molecule has 0 radical (unpaired) electrons. The third-order valence-corrected chi connectivity index (χ3v) is 5.33. The minimum absolute atomic E-state index is 0.150. The number of hydrogen-bond acceptors (Lipinski definition) is 7. The molecule has 136 valence electrons. The number of nitrogens with one attached hydrogen (secondary N) is 1. The Balaban J connectivity index is 1.48. The van der Waals surface area contributed by atoms with Crippen LogP contribution in [0.1, 0.15) is 42.8 Å². The standard InChI is InChI=1S/C16H19N7O3/c1-21-10-12(22(2)16(25)19-13(10)24)18-15(21)23-6-5-9(7-23)14-17-11(20-26-14)8-3-4-8/h8-9H,3-7H2,1-2H3,(H,19,24,25)/t9-/m0/s1. The second kappa shape index (κ2) is 5.29. The van der Waals surface area contributed by atoms with Gasteiger partial charge in [-0.1, -0.05) is 5.16 Å². The highest BCUT2D eigenvalue weighted by Gasteiger charge is 2.34. The van der Waals surface area contributed by atoms with Gasteiger partial charge in [0.2, 0.25) is 11.8 Å². The highest BCUT2D eigenvalue weighted by Crippen LogP contribution is 2.39. The lowest BCUT2D eigenvalue weighted by Gasteiger charge is -2.16. The number of rotatable bonds is 3. The summed E-state index contributed by atoms with van der Waals surface area (Å²) in [4.78, 5) is 37.5. The first-order valence-electron chi connectivity index (χ1n) is 8.77. The number of nitrogens with zero attached hydrogens (tertiary/aromatic N) is 6. The van der Waals surface area contributed by atoms with Crippen molar-refractivity contribution < 1.29 is 4.52 Å². The Labute approximate surface area is 147 Å². The van der Waals surface area contributed by atoms with Crippen molar-refractivity contribution in [3.05, 3.63) is 32.6 Å². The molecule has 26 heavy (non-hydrogen) atoms. The molecule has 1 saturated carbocycles. The first-order valence-corrected chi connectivity index (χ1v) is 8.77. The van der Waals surface area contributed by atoms with Gasteiger partial charge in [-0.05, 0) is 19.3 Å². The fraction of sp³-hybridized carbons (Fsp3) is 0.562. The van der Waals surface area contributed by atoms with Gasteiger partial charge in [-0.25, -0.2) is 4.79 Å². The number of aromatic nitrogens is 6. The van der Waals surface area contributed by atoms with Gasteiger partial charge < -0.3 is 14.0 Å². The maximum atomic E-state index is 12.2. The Morgan fingerprint density at radius 2 is 1.88 bits per heavy atom. The third kappa shape index (κ3) is 2.21. The molecule has 2 fully saturated rings. The molecule has 0 spiro atoms. The predicted molar refractivity (Wildman–Crippen MR) is 92.4 cm³/mol. The number of fused-ring (bicyclic) bond motifs is 1. The van der Waals surface area contributed by atoms with E-state index in [0.29, 0.717) is 35.5 Å². The fourth-order valence-corrected chi connectivity index (χ4v) is 3.64. The molecule has 10 heteroatoms. The van der Waals surface area contributed by atoms with Gasteiger partial charge in [0.25, 0.3) is 5.56 Å². The third-order valence-electron chi connectivity index (χ3n) is 5.33. The summed E-state index contributed by atoms with van der Waals surface area (Å²) in [6.07, 6.45) is 3.16. The highest BCUT2D eigenvalue weighted by molar-refractivity contribution is 5.74. The van der Waals surface area contributed by atoms with Crippen LogP contribution in [0.4, 0.5) is 5.95 Å². The molecule has 1 N–H and O–H groups in total. The average Bonchev–Trinajstić information content (AvgIpc) is 3.04. The molecule has 0 bridgehead atoms. The van der Waals surface area contributed by atoms with E-state index < -0.39 is 11.2 Å². The zero-order chi connectivity index (χ0) is 18.0. The topological polar surface area (TPSA) is 115 Å². The largest absolute Gasteiger partial charge is 0.341 e. The van der Waals surface area contributed by atoms with Crippen molar-refractivity contribution in [3.63, 3.8) is 0 Å². The first-order chi connectivity index (χ1) is 12.5. The lowest BCUT2D eigenvalue weighted by atomic mass is 10.1. The lowest BCUT2D eigenvalue weighted by molar-refractivity contribution is 0.355. The van der Waals surface area contributed by atoms with Gasteiger partial charge in [-0.15, -0.1) is 0 Å². The van der Waals surface area contributed by atoms with Crippen molar-refractivity contribution in [3.8, 4) is 0 Å². The summed E-state index contributed by atoms with van der Waals surface area (Å²) in [6.45, 7) is 1.46. The van der Waals surface area contributed by atoms with Crippen molar-refractivity contribution in [2.24, 2.45) is 14.1 Å². The summed E-state index contributed by atoms with van der Waals surface area (Å²) in [7, 11) is 3.39. The molecule has 2 aliphatic rings. The molecule has 3 aromatic rings. The highest BCUT2D eigenvalue weighted by atomic mass is 16.5. The average molecular weight is 357 g/mol. The van der Waals surface area contributed by atoms with E-state index in [4.69, 9.17) is 4.52 Å². The van der Waals surface area contributed by atoms with Crippen LogP contribution in [0.15, 0.2) is 14.1 Å². The molecule has 5 rings (SSSR count). The Morgan fingerprint density at radius 1 is 1.08 bits per heavy atom. The molecule has 1 atom stereocenters. The molecule has 1 aliphatic carbocycles. The molecular formula is C16H19N7O3. The van der Waals surface area contributed by atoms with Crippen LogP contribution in [0.3, 0.4) is 0 Å². The molecule has 3 aromatic heterocycles. The van der Waals surface area contributed by atoms with Gasteiger partial charge in [0.05, 0.1) is 5.92 Å². The SMILES string of the molecule is Cn1c(N2CC[C@H](c3nc(C4CC4)no3)C2)nc2c1c(=O)[nH]c(=O)n2C. The molecule has 0 aromatic carbocycles. The summed E-state index contributed by atoms with van der Waals surface area (Å²) in [5, 5.41) is 4.10. The normalized spacial score (nSPS) is 20.4. The Morgan fingerprint density at radius 3 is 2.65 bits per heavy atom. The van der Waals surface area contributed by atoms with Crippen molar-refractivity contribution in [1.82, 2.24) is 29.2 Å². The Bertz CT molecular complexity index is 1120. The summed E-state index contributed by atoms with van der Waals surface area (Å²) in [5.41, 5.74) is -0.121. The zero-order valence-corrected chi connectivity index (χ0v) is 14.6. The van der Waals surface area contributed by atoms with E-state index in [1.165, 1.54) is 4.57 Å². The summed E-state index contributed by atoms with van der Waals surface area (Å²) in [6, 6.07) is 0. The van der Waals surface area contributed by atoms with Crippen molar-refractivity contribution in [2.45, 2.75) is 31.1 Å². The number of imidazole rings is 1. The number of H-pyrrole nitrogens is 1. The number of aromatic amines is 1. The van der Waals surface area contributed by atoms with Crippen LogP contribution in [-0.4, -0.2) is 42.3 Å². The second-order valence-corrected chi connectivity index (χ2v) is 7.16. The Kier molecular flexibility index (Phi) is 3.12. The van der Waals surface area contributed by atoms with Crippen LogP contribution in [0.25, 0.3) is 11.2 Å². The van der Waals surface area contributed by atoms with Gasteiger partial charge in [-0.3, -0.25) is 14.3 Å². The van der Waals surface area contributed by atoms with E-state index in [1.54, 1.807) is 18.7 Å². The second-order valence-electron chi connectivity index (χ2n) is 7.16. The summed E-state index contributed by atoms with van der Waals surface area (Å²) >= 11 is 0. The van der Waals surface area contributed by atoms with Gasteiger partial charge in [-0.2, -0.15) is 9.97 Å². The maximum Gasteiger partial charge on any atom is 0.329 e. The van der Waals surface area contributed by atoms with Crippen molar-refractivity contribution >= 4 is 17.1 Å². The van der Waals surface area contributed by atoms with Crippen LogP contribution in [0.2, 0.25) is 0 Å². The Hall–Kier alpha value is -2.91. The van der Waals surface area contributed by atoms with E-state index >= 15 is 0 Å². The van der Waals surface area contributed by atoms with E-state index in [-0.39, 0.29) is 5.92 Å². The van der Waals surface area contributed by atoms with Crippen LogP contribution in [-0.2, 0) is 14.1 Å². The monoisotopic (exact) mass is 357 g/mol. The number of aryl methyl sites for hydroxylation is 2. The van der Waals surface area contributed by atoms with Gasteiger partial charge in [0.15, 0.2) is 17.0 Å². The fourth-order valence-electron chi connectivity index (χ4n) is 3.64. The number of anilines is 1. The lowest BCUT2D eigenvalue weighted by Crippen LogP contribution is -2.29. The van der Waals surface area contributed by atoms with E-state index in [0.717, 1.165) is 31.6 Å². The molecule has 0 amide bonds. The molecule has 4 heterocycles. The summed E-state index contributed by atoms with van der Waals surface area (Å²) in [5.74, 6) is 2.78. The quantitative estimate of drug-likeness (QED) is 0.713. The number of hydrogen-bond donors (Lipinski definition) is 1. The first kappa shape index (κ1) is 15.4. The minimum Gasteiger partial charge on any atom is -0.341 e. The van der Waals surface area contributed by atoms with E-state index in [1.807, 2.05) is 0 Å². The predicted octanol–water partition coefficient (Wildman–Crippen LogP) is 0.215. The maximum absolute atomic E-state index is 12.2. The van der Waals surface area contributed by atoms with Gasteiger partial charge in [0.1, 0.15) is 0 Å². The van der Waals surface area contributed by atoms with Crippen LogP contribution < -0.4 is 16.1 Å². The van der Waals surface area contributed by atoms with Crippen LogP contribution in [0, 0.1) is 0 Å². The van der Waals surface area contributed by atoms with Crippen LogP contribution >= 0.6 is 0 Å². The molecule has 0 unspecified atom stereocenters. The summed E-state index contributed by atoms with van der Waals surface area (Å²) < 4.78 is 8.55. The van der Waals surface area contributed by atoms with Crippen molar-refractivity contribution in [1.29, 1.82) is 0 Å². The molecular weight excluding hydrogens is 338 g/mol. The molecule has 10 nitrogen and oxygen atoms in total. The molecule has 1 aliphatic heterocycles. The van der Waals surface area contributed by atoms with Crippen LogP contribution in [0.5, 0.6) is 0 Å². The van der Waals surface area contributed by atoms with E-state index in [9.17, 15) is 9.59 Å². The minimum atomic E-state index is -0.468.